The van der Waals surface area contributed by atoms with Crippen LogP contribution in [0, 0.1) is 30.9 Å². The number of phenolic OH excluding ortho intramolecular Hbond substituents is 1. The molecule has 0 unspecified atom stereocenters. The van der Waals surface area contributed by atoms with E-state index >= 15 is 0 Å². The molecule has 8 heteroatoms. The van der Waals surface area contributed by atoms with Crippen LogP contribution in [0.5, 0.6) is 5.75 Å². The molecule has 0 spiro atoms. The van der Waals surface area contributed by atoms with Crippen LogP contribution in [-0.2, 0) is 9.53 Å². The van der Waals surface area contributed by atoms with Crippen LogP contribution in [0.3, 0.4) is 0 Å². The molecular weight excluding hydrogens is 340 g/mol. The third-order valence-corrected chi connectivity index (χ3v) is 3.79. The summed E-state index contributed by atoms with van der Waals surface area (Å²) in [6, 6.07) is 7.25. The number of phenols is 1. The zero-order chi connectivity index (χ0) is 19.4. The first-order chi connectivity index (χ1) is 12.2. The van der Waals surface area contributed by atoms with Crippen molar-refractivity contribution in [3.8, 4) is 5.75 Å². The number of amides is 1. The van der Waals surface area contributed by atoms with Gasteiger partial charge < -0.3 is 15.2 Å². The molecule has 2 rings (SSSR count). The Morgan fingerprint density at radius 3 is 2.42 bits per heavy atom. The van der Waals surface area contributed by atoms with Gasteiger partial charge in [0, 0.05) is 6.07 Å². The minimum Gasteiger partial charge on any atom is -0.507 e. The SMILES string of the molecule is Cc1ccc(C(=O)OCC(=O)Nc2cc(C)c(C)cc2[N+](=O)[O-])c(O)c1. The smallest absolute Gasteiger partial charge is 0.342 e. The Morgan fingerprint density at radius 1 is 1.15 bits per heavy atom. The van der Waals surface area contributed by atoms with Gasteiger partial charge in [-0.15, -0.1) is 0 Å². The average molecular weight is 358 g/mol. The number of anilines is 1. The van der Waals surface area contributed by atoms with Gasteiger partial charge in [0.1, 0.15) is 17.0 Å². The number of nitrogens with zero attached hydrogens (tertiary/aromatic N) is 1. The highest BCUT2D eigenvalue weighted by Crippen LogP contribution is 2.28. The van der Waals surface area contributed by atoms with Crippen LogP contribution >= 0.6 is 0 Å². The highest BCUT2D eigenvalue weighted by atomic mass is 16.6. The lowest BCUT2D eigenvalue weighted by molar-refractivity contribution is -0.384. The Hall–Kier alpha value is -3.42. The molecule has 0 atom stereocenters. The molecular formula is C18H18N2O6. The van der Waals surface area contributed by atoms with Gasteiger partial charge in [-0.2, -0.15) is 0 Å². The summed E-state index contributed by atoms with van der Waals surface area (Å²) in [6.45, 7) is 4.59. The molecule has 0 aliphatic carbocycles. The van der Waals surface area contributed by atoms with Gasteiger partial charge in [-0.05, 0) is 55.7 Å². The van der Waals surface area contributed by atoms with E-state index in [0.29, 0.717) is 0 Å². The summed E-state index contributed by atoms with van der Waals surface area (Å²) in [5, 5.41) is 23.2. The summed E-state index contributed by atoms with van der Waals surface area (Å²) < 4.78 is 4.86. The average Bonchev–Trinajstić information content (AvgIpc) is 2.55. The monoisotopic (exact) mass is 358 g/mol. The number of carbonyl (C=O) groups is 2. The first kappa shape index (κ1) is 18.9. The normalized spacial score (nSPS) is 10.3. The largest absolute Gasteiger partial charge is 0.507 e. The Kier molecular flexibility index (Phi) is 5.56. The van der Waals surface area contributed by atoms with Crippen LogP contribution in [0.15, 0.2) is 30.3 Å². The van der Waals surface area contributed by atoms with E-state index in [1.54, 1.807) is 26.8 Å². The molecule has 8 nitrogen and oxygen atoms in total. The molecule has 0 radical (unpaired) electrons. The lowest BCUT2D eigenvalue weighted by Crippen LogP contribution is -2.21. The first-order valence-electron chi connectivity index (χ1n) is 7.71. The van der Waals surface area contributed by atoms with Gasteiger partial charge in [-0.1, -0.05) is 6.07 Å². The molecule has 1 amide bonds. The molecule has 0 aliphatic rings. The second-order valence-electron chi connectivity index (χ2n) is 5.86. The predicted molar refractivity (Wildman–Crippen MR) is 94.3 cm³/mol. The van der Waals surface area contributed by atoms with Crippen molar-refractivity contribution in [3.05, 3.63) is 62.7 Å². The number of rotatable bonds is 5. The summed E-state index contributed by atoms with van der Waals surface area (Å²) in [7, 11) is 0. The van der Waals surface area contributed by atoms with Crippen LogP contribution in [-0.4, -0.2) is 28.5 Å². The molecule has 26 heavy (non-hydrogen) atoms. The van der Waals surface area contributed by atoms with Crippen molar-refractivity contribution >= 4 is 23.3 Å². The fourth-order valence-electron chi connectivity index (χ4n) is 2.26. The van der Waals surface area contributed by atoms with Crippen LogP contribution in [0.2, 0.25) is 0 Å². The number of hydrogen-bond donors (Lipinski definition) is 2. The standard InChI is InChI=1S/C18H18N2O6/c1-10-4-5-13(16(21)6-10)18(23)26-9-17(22)19-14-7-11(2)12(3)8-15(14)20(24)25/h4-8,21H,9H2,1-3H3,(H,19,22). The zero-order valence-corrected chi connectivity index (χ0v) is 14.5. The minimum atomic E-state index is -0.868. The van der Waals surface area contributed by atoms with Gasteiger partial charge in [0.2, 0.25) is 0 Å². The first-order valence-corrected chi connectivity index (χ1v) is 7.71. The molecule has 0 aliphatic heterocycles. The highest BCUT2D eigenvalue weighted by Gasteiger charge is 2.19. The number of benzene rings is 2. The van der Waals surface area contributed by atoms with E-state index in [2.05, 4.69) is 5.32 Å². The minimum absolute atomic E-state index is 0.0253. The predicted octanol–water partition coefficient (Wildman–Crippen LogP) is 3.02. The van der Waals surface area contributed by atoms with Crippen molar-refractivity contribution in [2.24, 2.45) is 0 Å². The molecule has 2 aromatic rings. The molecule has 2 aromatic carbocycles. The zero-order valence-electron chi connectivity index (χ0n) is 14.5. The maximum atomic E-state index is 12.0. The third-order valence-electron chi connectivity index (χ3n) is 3.79. The van der Waals surface area contributed by atoms with Crippen LogP contribution in [0.1, 0.15) is 27.0 Å². The summed E-state index contributed by atoms with van der Waals surface area (Å²) in [6.07, 6.45) is 0. The molecule has 136 valence electrons. The van der Waals surface area contributed by atoms with Gasteiger partial charge in [0.15, 0.2) is 6.61 Å². The van der Waals surface area contributed by atoms with Crippen molar-refractivity contribution in [1.82, 2.24) is 0 Å². The number of ether oxygens (including phenoxy) is 1. The van der Waals surface area contributed by atoms with E-state index in [-0.39, 0.29) is 22.7 Å². The Balaban J connectivity index is 2.06. The van der Waals surface area contributed by atoms with Gasteiger partial charge in [0.25, 0.3) is 11.6 Å². The third kappa shape index (κ3) is 4.35. The van der Waals surface area contributed by atoms with Crippen LogP contribution < -0.4 is 5.32 Å². The number of nitro groups is 1. The molecule has 0 heterocycles. The van der Waals surface area contributed by atoms with E-state index < -0.39 is 23.4 Å². The lowest BCUT2D eigenvalue weighted by Gasteiger charge is -2.10. The van der Waals surface area contributed by atoms with E-state index in [1.165, 1.54) is 24.3 Å². The highest BCUT2D eigenvalue weighted by molar-refractivity contribution is 5.97. The van der Waals surface area contributed by atoms with E-state index in [9.17, 15) is 24.8 Å². The molecule has 0 bridgehead atoms. The molecule has 2 N–H and O–H groups in total. The van der Waals surface area contributed by atoms with Gasteiger partial charge in [-0.3, -0.25) is 14.9 Å². The number of aryl methyl sites for hydroxylation is 3. The van der Waals surface area contributed by atoms with Crippen LogP contribution in [0.25, 0.3) is 0 Å². The molecule has 0 fully saturated rings. The van der Waals surface area contributed by atoms with E-state index in [4.69, 9.17) is 4.74 Å². The van der Waals surface area contributed by atoms with E-state index in [0.717, 1.165) is 16.7 Å². The number of nitro benzene ring substituents is 1. The maximum absolute atomic E-state index is 12.0. The molecule has 0 saturated carbocycles. The Bertz CT molecular complexity index is 891. The number of hydrogen-bond acceptors (Lipinski definition) is 6. The summed E-state index contributed by atoms with van der Waals surface area (Å²) >= 11 is 0. The topological polar surface area (TPSA) is 119 Å². The van der Waals surface area contributed by atoms with Gasteiger partial charge in [0.05, 0.1) is 4.92 Å². The summed E-state index contributed by atoms with van der Waals surface area (Å²) in [5.74, 6) is -1.84. The fourth-order valence-corrected chi connectivity index (χ4v) is 2.26. The van der Waals surface area contributed by atoms with Crippen molar-refractivity contribution in [3.63, 3.8) is 0 Å². The van der Waals surface area contributed by atoms with Crippen molar-refractivity contribution in [2.45, 2.75) is 20.8 Å². The number of aromatic hydroxyl groups is 1. The second-order valence-corrected chi connectivity index (χ2v) is 5.86. The summed E-state index contributed by atoms with van der Waals surface area (Å²) in [4.78, 5) is 34.4. The van der Waals surface area contributed by atoms with Crippen molar-refractivity contribution in [2.75, 3.05) is 11.9 Å². The van der Waals surface area contributed by atoms with Crippen molar-refractivity contribution in [1.29, 1.82) is 0 Å². The quantitative estimate of drug-likeness (QED) is 0.482. The number of carbonyl (C=O) groups excluding carboxylic acids is 2. The summed E-state index contributed by atoms with van der Waals surface area (Å²) in [5.41, 5.74) is 1.96. The fraction of sp³-hybridized carbons (Fsp3) is 0.222. The molecule has 0 aromatic heterocycles. The van der Waals surface area contributed by atoms with Gasteiger partial charge >= 0.3 is 5.97 Å². The maximum Gasteiger partial charge on any atom is 0.342 e. The number of nitrogens with one attached hydrogen (secondary N) is 1. The number of esters is 1. The van der Waals surface area contributed by atoms with Gasteiger partial charge in [-0.25, -0.2) is 4.79 Å². The second kappa shape index (κ2) is 7.64. The Labute approximate surface area is 149 Å². The Morgan fingerprint density at radius 2 is 1.81 bits per heavy atom. The van der Waals surface area contributed by atoms with E-state index in [1.807, 2.05) is 0 Å². The van der Waals surface area contributed by atoms with Crippen molar-refractivity contribution < 1.29 is 24.4 Å². The lowest BCUT2D eigenvalue weighted by atomic mass is 10.1. The molecule has 0 saturated heterocycles. The van der Waals surface area contributed by atoms with Crippen LogP contribution in [0.4, 0.5) is 11.4 Å².